The first-order valence-corrected chi connectivity index (χ1v) is 7.23. The van der Waals surface area contributed by atoms with Crippen LogP contribution < -0.4 is 15.4 Å². The van der Waals surface area contributed by atoms with Gasteiger partial charge in [0.2, 0.25) is 0 Å². The Balaban J connectivity index is 2.20. The molecule has 0 aliphatic carbocycles. The summed E-state index contributed by atoms with van der Waals surface area (Å²) in [5, 5.41) is 9.52. The maximum atomic E-state index is 9.52. The van der Waals surface area contributed by atoms with E-state index in [2.05, 4.69) is 11.0 Å². The highest BCUT2D eigenvalue weighted by molar-refractivity contribution is 5.80. The molecule has 5 heteroatoms. The normalized spacial score (nSPS) is 13.4. The van der Waals surface area contributed by atoms with Crippen molar-refractivity contribution >= 4 is 11.5 Å². The Kier molecular flexibility index (Phi) is 3.60. The SMILES string of the molecule is COc1ccc(-c2nc3c(c(N)c2C#N)CCCN3C)cc1. The molecule has 1 aliphatic heterocycles. The van der Waals surface area contributed by atoms with Gasteiger partial charge in [0.15, 0.2) is 0 Å². The molecule has 5 nitrogen and oxygen atoms in total. The smallest absolute Gasteiger partial charge is 0.134 e. The largest absolute Gasteiger partial charge is 0.497 e. The highest BCUT2D eigenvalue weighted by Crippen LogP contribution is 2.36. The standard InChI is InChI=1S/C17H18N4O/c1-21-9-3-4-13-15(19)14(10-18)16(20-17(13)21)11-5-7-12(22-2)8-6-11/h5-8H,3-4,9H2,1-2H3,(H2,19,20). The van der Waals surface area contributed by atoms with Crippen LogP contribution in [-0.2, 0) is 6.42 Å². The van der Waals surface area contributed by atoms with E-state index in [0.29, 0.717) is 16.9 Å². The Morgan fingerprint density at radius 2 is 2.05 bits per heavy atom. The molecule has 3 rings (SSSR count). The maximum absolute atomic E-state index is 9.52. The third-order valence-electron chi connectivity index (χ3n) is 4.08. The predicted octanol–water partition coefficient (Wildman–Crippen LogP) is 2.59. The summed E-state index contributed by atoms with van der Waals surface area (Å²) in [5.41, 5.74) is 9.76. The average Bonchev–Trinajstić information content (AvgIpc) is 2.55. The number of aromatic nitrogens is 1. The van der Waals surface area contributed by atoms with Crippen molar-refractivity contribution in [3.05, 3.63) is 35.4 Å². The summed E-state index contributed by atoms with van der Waals surface area (Å²) in [7, 11) is 3.63. The fourth-order valence-electron chi connectivity index (χ4n) is 2.86. The van der Waals surface area contributed by atoms with Crippen LogP contribution in [0.5, 0.6) is 5.75 Å². The topological polar surface area (TPSA) is 75.2 Å². The number of rotatable bonds is 2. The molecule has 0 spiro atoms. The molecule has 0 amide bonds. The molecule has 1 aromatic carbocycles. The Labute approximate surface area is 129 Å². The first-order chi connectivity index (χ1) is 10.7. The van der Waals surface area contributed by atoms with Crippen LogP contribution in [-0.4, -0.2) is 25.7 Å². The van der Waals surface area contributed by atoms with Crippen LogP contribution in [0.1, 0.15) is 17.5 Å². The van der Waals surface area contributed by atoms with Gasteiger partial charge in [-0.3, -0.25) is 0 Å². The van der Waals surface area contributed by atoms with Crippen molar-refractivity contribution in [3.8, 4) is 23.1 Å². The Hall–Kier alpha value is -2.74. The summed E-state index contributed by atoms with van der Waals surface area (Å²) in [4.78, 5) is 6.83. The molecule has 0 saturated heterocycles. The maximum Gasteiger partial charge on any atom is 0.134 e. The number of hydrogen-bond acceptors (Lipinski definition) is 5. The van der Waals surface area contributed by atoms with Crippen molar-refractivity contribution in [2.45, 2.75) is 12.8 Å². The van der Waals surface area contributed by atoms with Gasteiger partial charge in [0.25, 0.3) is 0 Å². The van der Waals surface area contributed by atoms with E-state index in [0.717, 1.165) is 42.1 Å². The fraction of sp³-hybridized carbons (Fsp3) is 0.294. The van der Waals surface area contributed by atoms with Crippen molar-refractivity contribution in [3.63, 3.8) is 0 Å². The summed E-state index contributed by atoms with van der Waals surface area (Å²) < 4.78 is 5.17. The Morgan fingerprint density at radius 3 is 2.68 bits per heavy atom. The highest BCUT2D eigenvalue weighted by Gasteiger charge is 2.23. The minimum atomic E-state index is 0.458. The molecule has 0 radical (unpaired) electrons. The molecule has 22 heavy (non-hydrogen) atoms. The molecule has 2 aromatic rings. The van der Waals surface area contributed by atoms with Gasteiger partial charge < -0.3 is 15.4 Å². The number of nitrogen functional groups attached to an aromatic ring is 1. The van der Waals surface area contributed by atoms with E-state index < -0.39 is 0 Å². The summed E-state index contributed by atoms with van der Waals surface area (Å²) in [6.07, 6.45) is 1.90. The Morgan fingerprint density at radius 1 is 1.32 bits per heavy atom. The third-order valence-corrected chi connectivity index (χ3v) is 4.08. The van der Waals surface area contributed by atoms with Gasteiger partial charge in [-0.1, -0.05) is 0 Å². The quantitative estimate of drug-likeness (QED) is 0.921. The van der Waals surface area contributed by atoms with E-state index in [-0.39, 0.29) is 0 Å². The number of benzene rings is 1. The minimum absolute atomic E-state index is 0.458. The van der Waals surface area contributed by atoms with Crippen LogP contribution in [0.3, 0.4) is 0 Å². The van der Waals surface area contributed by atoms with Crippen LogP contribution in [0.15, 0.2) is 24.3 Å². The van der Waals surface area contributed by atoms with E-state index in [1.54, 1.807) is 7.11 Å². The zero-order valence-corrected chi connectivity index (χ0v) is 12.8. The van der Waals surface area contributed by atoms with Gasteiger partial charge >= 0.3 is 0 Å². The number of hydrogen-bond donors (Lipinski definition) is 1. The first-order valence-electron chi connectivity index (χ1n) is 7.23. The number of anilines is 2. The lowest BCUT2D eigenvalue weighted by Crippen LogP contribution is -2.27. The summed E-state index contributed by atoms with van der Waals surface area (Å²) >= 11 is 0. The van der Waals surface area contributed by atoms with E-state index >= 15 is 0 Å². The van der Waals surface area contributed by atoms with Crippen LogP contribution in [0, 0.1) is 11.3 Å². The van der Waals surface area contributed by atoms with E-state index in [1.165, 1.54) is 0 Å². The van der Waals surface area contributed by atoms with E-state index in [4.69, 9.17) is 15.5 Å². The van der Waals surface area contributed by atoms with Gasteiger partial charge in [-0.25, -0.2) is 4.98 Å². The predicted molar refractivity (Wildman–Crippen MR) is 86.9 cm³/mol. The fourth-order valence-corrected chi connectivity index (χ4v) is 2.86. The second-order valence-corrected chi connectivity index (χ2v) is 5.42. The van der Waals surface area contributed by atoms with Crippen LogP contribution in [0.4, 0.5) is 11.5 Å². The molecular formula is C17H18N4O. The lowest BCUT2D eigenvalue weighted by atomic mass is 9.97. The molecule has 0 bridgehead atoms. The monoisotopic (exact) mass is 294 g/mol. The summed E-state index contributed by atoms with van der Waals surface area (Å²) in [6, 6.07) is 9.73. The number of pyridine rings is 1. The van der Waals surface area contributed by atoms with E-state index in [9.17, 15) is 5.26 Å². The number of methoxy groups -OCH3 is 1. The molecule has 1 aromatic heterocycles. The van der Waals surface area contributed by atoms with Crippen LogP contribution in [0.25, 0.3) is 11.3 Å². The average molecular weight is 294 g/mol. The molecular weight excluding hydrogens is 276 g/mol. The van der Waals surface area contributed by atoms with Gasteiger partial charge in [-0.05, 0) is 37.1 Å². The number of fused-ring (bicyclic) bond motifs is 1. The number of nitrogens with zero attached hydrogens (tertiary/aromatic N) is 3. The second kappa shape index (κ2) is 5.57. The summed E-state index contributed by atoms with van der Waals surface area (Å²) in [6.45, 7) is 0.952. The molecule has 0 unspecified atom stereocenters. The lowest BCUT2D eigenvalue weighted by molar-refractivity contribution is 0.415. The number of nitriles is 1. The molecule has 2 N–H and O–H groups in total. The van der Waals surface area contributed by atoms with Crippen molar-refractivity contribution in [2.75, 3.05) is 31.3 Å². The molecule has 1 aliphatic rings. The van der Waals surface area contributed by atoms with Gasteiger partial charge in [0.05, 0.1) is 18.5 Å². The molecule has 112 valence electrons. The lowest BCUT2D eigenvalue weighted by Gasteiger charge is -2.28. The van der Waals surface area contributed by atoms with Crippen molar-refractivity contribution in [1.29, 1.82) is 5.26 Å². The third kappa shape index (κ3) is 2.23. The summed E-state index contributed by atoms with van der Waals surface area (Å²) in [5.74, 6) is 1.65. The van der Waals surface area contributed by atoms with Gasteiger partial charge in [0.1, 0.15) is 23.2 Å². The van der Waals surface area contributed by atoms with Gasteiger partial charge in [0, 0.05) is 24.7 Å². The van der Waals surface area contributed by atoms with Gasteiger partial charge in [-0.15, -0.1) is 0 Å². The Bertz CT molecular complexity index is 747. The zero-order chi connectivity index (χ0) is 15.7. The number of ether oxygens (including phenoxy) is 1. The zero-order valence-electron chi connectivity index (χ0n) is 12.8. The van der Waals surface area contributed by atoms with Crippen molar-refractivity contribution < 1.29 is 4.74 Å². The molecule has 2 heterocycles. The molecule has 0 fully saturated rings. The highest BCUT2D eigenvalue weighted by atomic mass is 16.5. The van der Waals surface area contributed by atoms with E-state index in [1.807, 2.05) is 31.3 Å². The minimum Gasteiger partial charge on any atom is -0.497 e. The van der Waals surface area contributed by atoms with Crippen LogP contribution in [0.2, 0.25) is 0 Å². The first kappa shape index (κ1) is 14.2. The van der Waals surface area contributed by atoms with Crippen molar-refractivity contribution in [1.82, 2.24) is 4.98 Å². The van der Waals surface area contributed by atoms with Gasteiger partial charge in [-0.2, -0.15) is 5.26 Å². The molecule has 0 atom stereocenters. The molecule has 0 saturated carbocycles. The van der Waals surface area contributed by atoms with Crippen molar-refractivity contribution in [2.24, 2.45) is 0 Å². The van der Waals surface area contributed by atoms with Crippen LogP contribution >= 0.6 is 0 Å². The number of nitrogens with two attached hydrogens (primary N) is 1. The second-order valence-electron chi connectivity index (χ2n) is 5.42.